The van der Waals surface area contributed by atoms with Gasteiger partial charge in [-0.15, -0.1) is 0 Å². The SMILES string of the molecule is CNCCC=C(C)C1CC1. The first-order chi connectivity index (χ1) is 4.84. The van der Waals surface area contributed by atoms with Crippen LogP contribution in [0.4, 0.5) is 0 Å². The van der Waals surface area contributed by atoms with Crippen LogP contribution in [0.1, 0.15) is 26.2 Å². The lowest BCUT2D eigenvalue weighted by molar-refractivity contribution is 0.799. The Labute approximate surface area is 63.5 Å². The van der Waals surface area contributed by atoms with E-state index in [1.165, 1.54) is 19.3 Å². The fraction of sp³-hybridized carbons (Fsp3) is 0.778. The highest BCUT2D eigenvalue weighted by Gasteiger charge is 2.22. The smallest absolute Gasteiger partial charge is 0.00172 e. The van der Waals surface area contributed by atoms with E-state index in [2.05, 4.69) is 18.3 Å². The summed E-state index contributed by atoms with van der Waals surface area (Å²) in [5.41, 5.74) is 1.61. The Hall–Kier alpha value is -0.300. The van der Waals surface area contributed by atoms with Gasteiger partial charge in [0.05, 0.1) is 0 Å². The average Bonchev–Trinajstić information content (AvgIpc) is 2.69. The van der Waals surface area contributed by atoms with Crippen LogP contribution in [0.2, 0.25) is 0 Å². The second kappa shape index (κ2) is 3.77. The topological polar surface area (TPSA) is 12.0 Å². The molecule has 0 aromatic rings. The van der Waals surface area contributed by atoms with Crippen LogP contribution in [-0.4, -0.2) is 13.6 Å². The summed E-state index contributed by atoms with van der Waals surface area (Å²) >= 11 is 0. The molecule has 0 spiro atoms. The zero-order valence-electron chi connectivity index (χ0n) is 6.98. The first kappa shape index (κ1) is 7.80. The van der Waals surface area contributed by atoms with Gasteiger partial charge in [-0.05, 0) is 45.7 Å². The highest BCUT2D eigenvalue weighted by atomic mass is 14.8. The van der Waals surface area contributed by atoms with Crippen molar-refractivity contribution in [2.24, 2.45) is 5.92 Å². The lowest BCUT2D eigenvalue weighted by atomic mass is 10.1. The van der Waals surface area contributed by atoms with Crippen LogP contribution in [0.5, 0.6) is 0 Å². The average molecular weight is 139 g/mol. The molecule has 0 aromatic carbocycles. The molecular formula is C9H17N. The number of allylic oxidation sites excluding steroid dienone is 1. The van der Waals surface area contributed by atoms with Crippen LogP contribution >= 0.6 is 0 Å². The van der Waals surface area contributed by atoms with E-state index in [0.29, 0.717) is 0 Å². The van der Waals surface area contributed by atoms with Crippen molar-refractivity contribution in [1.29, 1.82) is 0 Å². The molecule has 0 saturated heterocycles. The molecule has 0 aliphatic heterocycles. The first-order valence-corrected chi connectivity index (χ1v) is 4.16. The second-order valence-electron chi connectivity index (χ2n) is 3.11. The van der Waals surface area contributed by atoms with Gasteiger partial charge in [0.1, 0.15) is 0 Å². The van der Waals surface area contributed by atoms with Crippen LogP contribution in [0, 0.1) is 5.92 Å². The molecule has 58 valence electrons. The van der Waals surface area contributed by atoms with Crippen LogP contribution in [0.15, 0.2) is 11.6 Å². The van der Waals surface area contributed by atoms with Gasteiger partial charge in [0.25, 0.3) is 0 Å². The maximum absolute atomic E-state index is 3.14. The minimum absolute atomic E-state index is 0.955. The van der Waals surface area contributed by atoms with E-state index < -0.39 is 0 Å². The van der Waals surface area contributed by atoms with E-state index in [9.17, 15) is 0 Å². The number of rotatable bonds is 4. The number of nitrogens with one attached hydrogen (secondary N) is 1. The normalized spacial score (nSPS) is 19.6. The van der Waals surface area contributed by atoms with Gasteiger partial charge in [-0.1, -0.05) is 11.6 Å². The van der Waals surface area contributed by atoms with Gasteiger partial charge in [0, 0.05) is 0 Å². The molecule has 1 saturated carbocycles. The third-order valence-electron chi connectivity index (χ3n) is 2.08. The van der Waals surface area contributed by atoms with Gasteiger partial charge in [-0.2, -0.15) is 0 Å². The summed E-state index contributed by atoms with van der Waals surface area (Å²) in [6.07, 6.45) is 6.43. The van der Waals surface area contributed by atoms with Crippen molar-refractivity contribution in [3.05, 3.63) is 11.6 Å². The standard InChI is InChI=1S/C9H17N/c1-8(9-5-6-9)4-3-7-10-2/h4,9-10H,3,5-7H2,1-2H3. The zero-order valence-corrected chi connectivity index (χ0v) is 6.98. The molecule has 1 aliphatic carbocycles. The van der Waals surface area contributed by atoms with Gasteiger partial charge in [0.2, 0.25) is 0 Å². The second-order valence-corrected chi connectivity index (χ2v) is 3.11. The number of hydrogen-bond donors (Lipinski definition) is 1. The zero-order chi connectivity index (χ0) is 7.40. The van der Waals surface area contributed by atoms with Gasteiger partial charge < -0.3 is 5.32 Å². The Kier molecular flexibility index (Phi) is 2.94. The van der Waals surface area contributed by atoms with Crippen molar-refractivity contribution < 1.29 is 0 Å². The van der Waals surface area contributed by atoms with Crippen molar-refractivity contribution in [3.63, 3.8) is 0 Å². The molecule has 0 atom stereocenters. The minimum atomic E-state index is 0.955. The molecule has 10 heavy (non-hydrogen) atoms. The van der Waals surface area contributed by atoms with Gasteiger partial charge in [-0.25, -0.2) is 0 Å². The summed E-state index contributed by atoms with van der Waals surface area (Å²) in [4.78, 5) is 0. The van der Waals surface area contributed by atoms with E-state index in [1.807, 2.05) is 7.05 Å². The number of hydrogen-bond acceptors (Lipinski definition) is 1. The predicted molar refractivity (Wildman–Crippen MR) is 45.0 cm³/mol. The van der Waals surface area contributed by atoms with Gasteiger partial charge >= 0.3 is 0 Å². The molecule has 0 unspecified atom stereocenters. The molecular weight excluding hydrogens is 122 g/mol. The van der Waals surface area contributed by atoms with Crippen LogP contribution < -0.4 is 5.32 Å². The molecule has 1 aliphatic rings. The third kappa shape index (κ3) is 2.53. The Morgan fingerprint density at radius 1 is 1.60 bits per heavy atom. The summed E-state index contributed by atoms with van der Waals surface area (Å²) < 4.78 is 0. The maximum Gasteiger partial charge on any atom is -0.00172 e. The third-order valence-corrected chi connectivity index (χ3v) is 2.08. The summed E-state index contributed by atoms with van der Waals surface area (Å²) in [6, 6.07) is 0. The summed E-state index contributed by atoms with van der Waals surface area (Å²) in [5, 5.41) is 3.14. The summed E-state index contributed by atoms with van der Waals surface area (Å²) in [6.45, 7) is 3.37. The van der Waals surface area contributed by atoms with Gasteiger partial charge in [-0.3, -0.25) is 0 Å². The lowest BCUT2D eigenvalue weighted by Gasteiger charge is -1.96. The monoisotopic (exact) mass is 139 g/mol. The summed E-state index contributed by atoms with van der Waals surface area (Å²) in [5.74, 6) is 0.955. The van der Waals surface area contributed by atoms with Crippen molar-refractivity contribution in [1.82, 2.24) is 5.32 Å². The molecule has 0 amide bonds. The highest BCUT2D eigenvalue weighted by Crippen LogP contribution is 2.35. The van der Waals surface area contributed by atoms with Crippen molar-refractivity contribution >= 4 is 0 Å². The Balaban J connectivity index is 2.11. The quantitative estimate of drug-likeness (QED) is 0.463. The highest BCUT2D eigenvalue weighted by molar-refractivity contribution is 5.09. The van der Waals surface area contributed by atoms with Crippen LogP contribution in [0.25, 0.3) is 0 Å². The molecule has 1 nitrogen and oxygen atoms in total. The fourth-order valence-electron chi connectivity index (χ4n) is 1.15. The summed E-state index contributed by atoms with van der Waals surface area (Å²) in [7, 11) is 2.00. The Morgan fingerprint density at radius 3 is 2.80 bits per heavy atom. The van der Waals surface area contributed by atoms with Crippen LogP contribution in [-0.2, 0) is 0 Å². The van der Waals surface area contributed by atoms with Crippen LogP contribution in [0.3, 0.4) is 0 Å². The minimum Gasteiger partial charge on any atom is -0.319 e. The van der Waals surface area contributed by atoms with Gasteiger partial charge in [0.15, 0.2) is 0 Å². The molecule has 0 heterocycles. The van der Waals surface area contributed by atoms with E-state index in [0.717, 1.165) is 12.5 Å². The maximum atomic E-state index is 3.14. The molecule has 1 N–H and O–H groups in total. The predicted octanol–water partition coefficient (Wildman–Crippen LogP) is 1.95. The van der Waals surface area contributed by atoms with E-state index in [4.69, 9.17) is 0 Å². The molecule has 1 fully saturated rings. The van der Waals surface area contributed by atoms with E-state index in [1.54, 1.807) is 5.57 Å². The largest absolute Gasteiger partial charge is 0.319 e. The Bertz CT molecular complexity index is 123. The first-order valence-electron chi connectivity index (χ1n) is 4.16. The lowest BCUT2D eigenvalue weighted by Crippen LogP contribution is -2.06. The molecule has 0 radical (unpaired) electrons. The molecule has 1 heteroatoms. The molecule has 0 aromatic heterocycles. The van der Waals surface area contributed by atoms with E-state index >= 15 is 0 Å². The fourth-order valence-corrected chi connectivity index (χ4v) is 1.15. The Morgan fingerprint density at radius 2 is 2.30 bits per heavy atom. The molecule has 0 bridgehead atoms. The van der Waals surface area contributed by atoms with Crippen molar-refractivity contribution in [2.75, 3.05) is 13.6 Å². The van der Waals surface area contributed by atoms with Crippen molar-refractivity contribution in [3.8, 4) is 0 Å². The van der Waals surface area contributed by atoms with Crippen molar-refractivity contribution in [2.45, 2.75) is 26.2 Å². The van der Waals surface area contributed by atoms with E-state index in [-0.39, 0.29) is 0 Å². The molecule has 1 rings (SSSR count).